The Morgan fingerprint density at radius 1 is 1.16 bits per heavy atom. The summed E-state index contributed by atoms with van der Waals surface area (Å²) < 4.78 is 0. The Balaban J connectivity index is 2.81. The van der Waals surface area contributed by atoms with Gasteiger partial charge in [0.25, 0.3) is 0 Å². The van der Waals surface area contributed by atoms with Crippen molar-refractivity contribution in [3.05, 3.63) is 0 Å². The molecular formula is C17H36N2. The Kier molecular flexibility index (Phi) is 6.82. The molecule has 2 heteroatoms. The highest BCUT2D eigenvalue weighted by Crippen LogP contribution is 2.40. The standard InChI is InChI=1S/C17H36N2/c1-6-7-8-9-19(14(2)3)17(13-18)11-15(4)10-16(5)12-17/h14-16H,6-13,18H2,1-5H3. The van der Waals surface area contributed by atoms with Gasteiger partial charge in [0.05, 0.1) is 0 Å². The van der Waals surface area contributed by atoms with Crippen LogP contribution in [-0.2, 0) is 0 Å². The van der Waals surface area contributed by atoms with E-state index in [0.717, 1.165) is 18.4 Å². The van der Waals surface area contributed by atoms with E-state index in [2.05, 4.69) is 39.5 Å². The third-order valence-electron chi connectivity index (χ3n) is 4.88. The Labute approximate surface area is 121 Å². The van der Waals surface area contributed by atoms with Gasteiger partial charge in [-0.1, -0.05) is 33.6 Å². The average molecular weight is 268 g/mol. The van der Waals surface area contributed by atoms with Gasteiger partial charge in [-0.2, -0.15) is 0 Å². The normalized spacial score (nSPS) is 32.2. The van der Waals surface area contributed by atoms with E-state index in [1.165, 1.54) is 45.1 Å². The lowest BCUT2D eigenvalue weighted by atomic mass is 9.70. The second-order valence-electron chi connectivity index (χ2n) is 7.28. The van der Waals surface area contributed by atoms with Crippen molar-refractivity contribution in [2.45, 2.75) is 84.7 Å². The lowest BCUT2D eigenvalue weighted by Gasteiger charge is -2.51. The summed E-state index contributed by atoms with van der Waals surface area (Å²) >= 11 is 0. The largest absolute Gasteiger partial charge is 0.329 e. The molecule has 1 aliphatic carbocycles. The van der Waals surface area contributed by atoms with Crippen molar-refractivity contribution in [1.82, 2.24) is 4.90 Å². The molecule has 1 saturated carbocycles. The van der Waals surface area contributed by atoms with Crippen LogP contribution in [0, 0.1) is 11.8 Å². The second kappa shape index (κ2) is 7.64. The maximum absolute atomic E-state index is 6.26. The highest BCUT2D eigenvalue weighted by atomic mass is 15.2. The van der Waals surface area contributed by atoms with E-state index in [9.17, 15) is 0 Å². The predicted octanol–water partition coefficient (Wildman–Crippen LogP) is 4.04. The van der Waals surface area contributed by atoms with Gasteiger partial charge in [0.1, 0.15) is 0 Å². The molecule has 0 aromatic carbocycles. The minimum atomic E-state index is 0.263. The summed E-state index contributed by atoms with van der Waals surface area (Å²) in [5, 5.41) is 0. The molecule has 2 nitrogen and oxygen atoms in total. The van der Waals surface area contributed by atoms with Crippen LogP contribution in [0.1, 0.15) is 73.1 Å². The van der Waals surface area contributed by atoms with E-state index >= 15 is 0 Å². The molecule has 0 aromatic heterocycles. The molecule has 2 unspecified atom stereocenters. The smallest absolute Gasteiger partial charge is 0.0339 e. The van der Waals surface area contributed by atoms with Gasteiger partial charge < -0.3 is 5.73 Å². The van der Waals surface area contributed by atoms with Crippen LogP contribution in [0.25, 0.3) is 0 Å². The van der Waals surface area contributed by atoms with E-state index < -0.39 is 0 Å². The molecule has 0 saturated heterocycles. The lowest BCUT2D eigenvalue weighted by Crippen LogP contribution is -2.59. The molecular weight excluding hydrogens is 232 g/mol. The maximum Gasteiger partial charge on any atom is 0.0339 e. The van der Waals surface area contributed by atoms with Crippen molar-refractivity contribution >= 4 is 0 Å². The van der Waals surface area contributed by atoms with E-state index in [4.69, 9.17) is 5.73 Å². The highest BCUT2D eigenvalue weighted by Gasteiger charge is 2.42. The maximum atomic E-state index is 6.26. The molecule has 1 aliphatic rings. The quantitative estimate of drug-likeness (QED) is 0.706. The summed E-state index contributed by atoms with van der Waals surface area (Å²) in [6.45, 7) is 13.8. The monoisotopic (exact) mass is 268 g/mol. The Morgan fingerprint density at radius 2 is 1.74 bits per heavy atom. The Morgan fingerprint density at radius 3 is 2.16 bits per heavy atom. The van der Waals surface area contributed by atoms with Gasteiger partial charge in [0.15, 0.2) is 0 Å². The predicted molar refractivity (Wildman–Crippen MR) is 85.3 cm³/mol. The zero-order valence-corrected chi connectivity index (χ0v) is 13.9. The van der Waals surface area contributed by atoms with Gasteiger partial charge in [0.2, 0.25) is 0 Å². The molecule has 1 fully saturated rings. The Hall–Kier alpha value is -0.0800. The molecule has 0 heterocycles. The van der Waals surface area contributed by atoms with E-state index in [-0.39, 0.29) is 5.54 Å². The highest BCUT2D eigenvalue weighted by molar-refractivity contribution is 4.98. The van der Waals surface area contributed by atoms with Crippen LogP contribution in [0.3, 0.4) is 0 Å². The molecule has 2 atom stereocenters. The van der Waals surface area contributed by atoms with Gasteiger partial charge in [-0.25, -0.2) is 0 Å². The molecule has 1 rings (SSSR count). The number of rotatable bonds is 7. The average Bonchev–Trinajstić information content (AvgIpc) is 2.32. The topological polar surface area (TPSA) is 29.3 Å². The first-order chi connectivity index (χ1) is 8.95. The number of hydrogen-bond donors (Lipinski definition) is 1. The van der Waals surface area contributed by atoms with Crippen molar-refractivity contribution in [2.24, 2.45) is 17.6 Å². The van der Waals surface area contributed by atoms with Crippen LogP contribution in [0.4, 0.5) is 0 Å². The van der Waals surface area contributed by atoms with Crippen molar-refractivity contribution < 1.29 is 0 Å². The first-order valence-corrected chi connectivity index (χ1v) is 8.42. The summed E-state index contributed by atoms with van der Waals surface area (Å²) in [7, 11) is 0. The third kappa shape index (κ3) is 4.46. The number of hydrogen-bond acceptors (Lipinski definition) is 2. The number of nitrogens with zero attached hydrogens (tertiary/aromatic N) is 1. The van der Waals surface area contributed by atoms with Gasteiger partial charge in [-0.3, -0.25) is 4.90 Å². The fourth-order valence-electron chi connectivity index (χ4n) is 4.33. The summed E-state index contributed by atoms with van der Waals surface area (Å²) in [6, 6.07) is 0.609. The van der Waals surface area contributed by atoms with Crippen molar-refractivity contribution in [2.75, 3.05) is 13.1 Å². The minimum absolute atomic E-state index is 0.263. The molecule has 19 heavy (non-hydrogen) atoms. The summed E-state index contributed by atoms with van der Waals surface area (Å²) in [5.74, 6) is 1.64. The minimum Gasteiger partial charge on any atom is -0.329 e. The summed E-state index contributed by atoms with van der Waals surface area (Å²) in [4.78, 5) is 2.73. The zero-order chi connectivity index (χ0) is 14.5. The lowest BCUT2D eigenvalue weighted by molar-refractivity contribution is -0.00315. The van der Waals surface area contributed by atoms with Gasteiger partial charge in [-0.05, 0) is 57.9 Å². The van der Waals surface area contributed by atoms with Crippen LogP contribution in [0.15, 0.2) is 0 Å². The number of nitrogens with two attached hydrogens (primary N) is 1. The summed E-state index contributed by atoms with van der Waals surface area (Å²) in [5.41, 5.74) is 6.53. The Bertz CT molecular complexity index is 240. The molecule has 0 aliphatic heterocycles. The van der Waals surface area contributed by atoms with Crippen LogP contribution in [0.5, 0.6) is 0 Å². The van der Waals surface area contributed by atoms with Crippen LogP contribution in [-0.4, -0.2) is 29.6 Å². The SMILES string of the molecule is CCCCCN(C(C)C)C1(CN)CC(C)CC(C)C1. The summed E-state index contributed by atoms with van der Waals surface area (Å²) in [6.07, 6.45) is 7.92. The van der Waals surface area contributed by atoms with E-state index in [0.29, 0.717) is 6.04 Å². The number of unbranched alkanes of at least 4 members (excludes halogenated alkanes) is 2. The van der Waals surface area contributed by atoms with Crippen molar-refractivity contribution in [1.29, 1.82) is 0 Å². The molecule has 114 valence electrons. The van der Waals surface area contributed by atoms with Crippen LogP contribution >= 0.6 is 0 Å². The zero-order valence-electron chi connectivity index (χ0n) is 13.9. The van der Waals surface area contributed by atoms with Crippen LogP contribution < -0.4 is 5.73 Å². The molecule has 0 aromatic rings. The third-order valence-corrected chi connectivity index (χ3v) is 4.88. The fraction of sp³-hybridized carbons (Fsp3) is 1.00. The van der Waals surface area contributed by atoms with E-state index in [1.807, 2.05) is 0 Å². The first kappa shape index (κ1) is 17.0. The molecule has 0 spiro atoms. The molecule has 0 radical (unpaired) electrons. The molecule has 2 N–H and O–H groups in total. The van der Waals surface area contributed by atoms with Gasteiger partial charge >= 0.3 is 0 Å². The fourth-order valence-corrected chi connectivity index (χ4v) is 4.33. The van der Waals surface area contributed by atoms with Crippen molar-refractivity contribution in [3.63, 3.8) is 0 Å². The van der Waals surface area contributed by atoms with Gasteiger partial charge in [-0.15, -0.1) is 0 Å². The van der Waals surface area contributed by atoms with Gasteiger partial charge in [0, 0.05) is 18.1 Å². The second-order valence-corrected chi connectivity index (χ2v) is 7.28. The molecule has 0 amide bonds. The van der Waals surface area contributed by atoms with E-state index in [1.54, 1.807) is 0 Å². The first-order valence-electron chi connectivity index (χ1n) is 8.42. The molecule has 0 bridgehead atoms. The van der Waals surface area contributed by atoms with Crippen LogP contribution in [0.2, 0.25) is 0 Å². The van der Waals surface area contributed by atoms with Crippen molar-refractivity contribution in [3.8, 4) is 0 Å².